The van der Waals surface area contributed by atoms with Gasteiger partial charge in [-0.2, -0.15) is 0 Å². The maximum Gasteiger partial charge on any atom is 0.137 e. The molecule has 84 valence electrons. The Balaban J connectivity index is 2.66. The number of hydrogen-bond donors (Lipinski definition) is 1. The van der Waals surface area contributed by atoms with E-state index in [-0.39, 0.29) is 12.4 Å². The van der Waals surface area contributed by atoms with Crippen molar-refractivity contribution in [1.29, 1.82) is 0 Å². The molecular weight excluding hydrogens is 211 g/mol. The summed E-state index contributed by atoms with van der Waals surface area (Å²) in [5.74, 6) is 1.29. The smallest absolute Gasteiger partial charge is 0.137 e. The van der Waals surface area contributed by atoms with Gasteiger partial charge in [-0.05, 0) is 29.7 Å². The lowest BCUT2D eigenvalue weighted by atomic mass is 10.2. The summed E-state index contributed by atoms with van der Waals surface area (Å²) >= 11 is 1.49. The Morgan fingerprint density at radius 1 is 1.40 bits per heavy atom. The van der Waals surface area contributed by atoms with Crippen LogP contribution in [0.15, 0.2) is 23.1 Å². The van der Waals surface area contributed by atoms with Gasteiger partial charge in [-0.15, -0.1) is 11.8 Å². The largest absolute Gasteiger partial charge is 0.392 e. The molecular formula is C12H17FOS. The molecule has 0 unspecified atom stereocenters. The molecule has 15 heavy (non-hydrogen) atoms. The summed E-state index contributed by atoms with van der Waals surface area (Å²) in [7, 11) is 0. The molecule has 1 nitrogen and oxygen atoms in total. The standard InChI is InChI=1S/C12H17FOS/c1-9(2)6-7-15-12-10(8-14)4-3-5-11(12)13/h3-5,9,14H,6-8H2,1-2H3. The Bertz CT molecular complexity index is 312. The maximum atomic E-state index is 13.4. The molecule has 0 bridgehead atoms. The molecule has 3 heteroatoms. The van der Waals surface area contributed by atoms with Crippen LogP contribution in [-0.4, -0.2) is 10.9 Å². The first-order valence-electron chi connectivity index (χ1n) is 5.16. The second kappa shape index (κ2) is 6.13. The second-order valence-electron chi connectivity index (χ2n) is 3.92. The van der Waals surface area contributed by atoms with E-state index >= 15 is 0 Å². The summed E-state index contributed by atoms with van der Waals surface area (Å²) in [6, 6.07) is 4.84. The summed E-state index contributed by atoms with van der Waals surface area (Å²) in [4.78, 5) is 0.598. The summed E-state index contributed by atoms with van der Waals surface area (Å²) in [5.41, 5.74) is 0.684. The van der Waals surface area contributed by atoms with E-state index in [0.717, 1.165) is 12.2 Å². The van der Waals surface area contributed by atoms with Crippen molar-refractivity contribution in [2.24, 2.45) is 5.92 Å². The van der Waals surface area contributed by atoms with Crippen molar-refractivity contribution >= 4 is 11.8 Å². The van der Waals surface area contributed by atoms with Crippen LogP contribution in [0.5, 0.6) is 0 Å². The minimum atomic E-state index is -0.227. The average Bonchev–Trinajstić information content (AvgIpc) is 2.20. The summed E-state index contributed by atoms with van der Waals surface area (Å²) in [5, 5.41) is 9.07. The molecule has 1 N–H and O–H groups in total. The molecule has 0 aliphatic carbocycles. The first kappa shape index (κ1) is 12.5. The van der Waals surface area contributed by atoms with Gasteiger partial charge in [0.25, 0.3) is 0 Å². The third kappa shape index (κ3) is 3.84. The minimum absolute atomic E-state index is 0.0955. The molecule has 1 rings (SSSR count). The monoisotopic (exact) mass is 228 g/mol. The van der Waals surface area contributed by atoms with Crippen LogP contribution in [0.3, 0.4) is 0 Å². The third-order valence-corrected chi connectivity index (χ3v) is 3.35. The topological polar surface area (TPSA) is 20.2 Å². The van der Waals surface area contributed by atoms with Crippen LogP contribution >= 0.6 is 11.8 Å². The Hall–Kier alpha value is -0.540. The van der Waals surface area contributed by atoms with Crippen molar-refractivity contribution in [2.45, 2.75) is 31.8 Å². The fourth-order valence-corrected chi connectivity index (χ4v) is 2.55. The van der Waals surface area contributed by atoms with Gasteiger partial charge in [-0.3, -0.25) is 0 Å². The maximum absolute atomic E-state index is 13.4. The fourth-order valence-electron chi connectivity index (χ4n) is 1.24. The van der Waals surface area contributed by atoms with E-state index in [0.29, 0.717) is 16.4 Å². The molecule has 0 aliphatic rings. The van der Waals surface area contributed by atoms with E-state index in [1.165, 1.54) is 17.8 Å². The number of halogens is 1. The van der Waals surface area contributed by atoms with E-state index in [1.807, 2.05) is 0 Å². The Morgan fingerprint density at radius 3 is 2.73 bits per heavy atom. The van der Waals surface area contributed by atoms with Crippen molar-refractivity contribution in [1.82, 2.24) is 0 Å². The highest BCUT2D eigenvalue weighted by atomic mass is 32.2. The molecule has 0 heterocycles. The molecule has 1 aromatic carbocycles. The molecule has 0 saturated heterocycles. The lowest BCUT2D eigenvalue weighted by molar-refractivity contribution is 0.277. The van der Waals surface area contributed by atoms with Crippen molar-refractivity contribution in [3.8, 4) is 0 Å². The van der Waals surface area contributed by atoms with Gasteiger partial charge in [0.05, 0.1) is 6.61 Å². The number of benzene rings is 1. The van der Waals surface area contributed by atoms with Gasteiger partial charge >= 0.3 is 0 Å². The first-order chi connectivity index (χ1) is 7.15. The Kier molecular flexibility index (Phi) is 5.12. The van der Waals surface area contributed by atoms with Gasteiger partial charge in [0.1, 0.15) is 5.82 Å². The number of aliphatic hydroxyl groups excluding tert-OH is 1. The van der Waals surface area contributed by atoms with E-state index in [4.69, 9.17) is 5.11 Å². The van der Waals surface area contributed by atoms with Crippen LogP contribution in [0.25, 0.3) is 0 Å². The Labute approximate surface area is 94.7 Å². The number of thioether (sulfide) groups is 1. The van der Waals surface area contributed by atoms with E-state index in [1.54, 1.807) is 12.1 Å². The summed E-state index contributed by atoms with van der Waals surface area (Å²) in [6.45, 7) is 4.20. The van der Waals surface area contributed by atoms with Crippen LogP contribution in [0.2, 0.25) is 0 Å². The molecule has 0 fully saturated rings. The zero-order valence-corrected chi connectivity index (χ0v) is 9.98. The summed E-state index contributed by atoms with van der Waals surface area (Å²) in [6.07, 6.45) is 1.06. The van der Waals surface area contributed by atoms with Crippen LogP contribution in [0.4, 0.5) is 4.39 Å². The van der Waals surface area contributed by atoms with Crippen molar-refractivity contribution in [2.75, 3.05) is 5.75 Å². The highest BCUT2D eigenvalue weighted by Crippen LogP contribution is 2.27. The quantitative estimate of drug-likeness (QED) is 0.779. The van der Waals surface area contributed by atoms with E-state index < -0.39 is 0 Å². The zero-order valence-electron chi connectivity index (χ0n) is 9.16. The van der Waals surface area contributed by atoms with Gasteiger partial charge < -0.3 is 5.11 Å². The minimum Gasteiger partial charge on any atom is -0.392 e. The van der Waals surface area contributed by atoms with Crippen molar-refractivity contribution in [3.05, 3.63) is 29.6 Å². The van der Waals surface area contributed by atoms with Crippen LogP contribution in [0, 0.1) is 11.7 Å². The molecule has 0 aliphatic heterocycles. The second-order valence-corrected chi connectivity index (χ2v) is 5.02. The fraction of sp³-hybridized carbons (Fsp3) is 0.500. The molecule has 0 amide bonds. The lowest BCUT2D eigenvalue weighted by Gasteiger charge is -2.09. The predicted molar refractivity (Wildman–Crippen MR) is 62.5 cm³/mol. The van der Waals surface area contributed by atoms with E-state index in [2.05, 4.69) is 13.8 Å². The lowest BCUT2D eigenvalue weighted by Crippen LogP contribution is -1.94. The summed E-state index contributed by atoms with van der Waals surface area (Å²) < 4.78 is 13.4. The average molecular weight is 228 g/mol. The molecule has 0 radical (unpaired) electrons. The van der Waals surface area contributed by atoms with Crippen molar-refractivity contribution in [3.63, 3.8) is 0 Å². The third-order valence-electron chi connectivity index (χ3n) is 2.16. The predicted octanol–water partition coefficient (Wildman–Crippen LogP) is 3.46. The highest BCUT2D eigenvalue weighted by molar-refractivity contribution is 7.99. The molecule has 0 atom stereocenters. The van der Waals surface area contributed by atoms with Gasteiger partial charge in [0.15, 0.2) is 0 Å². The Morgan fingerprint density at radius 2 is 2.13 bits per heavy atom. The van der Waals surface area contributed by atoms with Gasteiger partial charge in [-0.25, -0.2) is 4.39 Å². The van der Waals surface area contributed by atoms with Crippen LogP contribution in [-0.2, 0) is 6.61 Å². The van der Waals surface area contributed by atoms with Gasteiger partial charge in [-0.1, -0.05) is 26.0 Å². The first-order valence-corrected chi connectivity index (χ1v) is 6.14. The zero-order chi connectivity index (χ0) is 11.3. The highest BCUT2D eigenvalue weighted by Gasteiger charge is 2.08. The van der Waals surface area contributed by atoms with E-state index in [9.17, 15) is 4.39 Å². The number of aliphatic hydroxyl groups is 1. The van der Waals surface area contributed by atoms with Crippen LogP contribution in [0.1, 0.15) is 25.8 Å². The van der Waals surface area contributed by atoms with Gasteiger partial charge in [0.2, 0.25) is 0 Å². The molecule has 1 aromatic rings. The number of hydrogen-bond acceptors (Lipinski definition) is 2. The normalized spacial score (nSPS) is 11.0. The molecule has 0 saturated carbocycles. The SMILES string of the molecule is CC(C)CCSc1c(F)cccc1CO. The molecule has 0 aromatic heterocycles. The van der Waals surface area contributed by atoms with Crippen molar-refractivity contribution < 1.29 is 9.50 Å². The van der Waals surface area contributed by atoms with Gasteiger partial charge in [0, 0.05) is 4.90 Å². The molecule has 0 spiro atoms. The van der Waals surface area contributed by atoms with Crippen LogP contribution < -0.4 is 0 Å². The number of rotatable bonds is 5.